The molecule has 0 radical (unpaired) electrons. The molecule has 2 rings (SSSR count). The van der Waals surface area contributed by atoms with Crippen LogP contribution in [0.1, 0.15) is 20.3 Å². The zero-order chi connectivity index (χ0) is 19.3. The van der Waals surface area contributed by atoms with Crippen molar-refractivity contribution in [1.29, 1.82) is 0 Å². The second-order valence-corrected chi connectivity index (χ2v) is 7.33. The van der Waals surface area contributed by atoms with Crippen LogP contribution in [0.5, 0.6) is 0 Å². The number of aliphatic imine (C=N–C) groups is 1. The number of rotatable bonds is 5. The fourth-order valence-corrected chi connectivity index (χ4v) is 2.80. The van der Waals surface area contributed by atoms with Crippen molar-refractivity contribution in [1.82, 2.24) is 15.5 Å². The SMILES string of the molecule is CC(C)NC(=NCC(=O)N(C)C)NC1CCN(c2ccc(Cl)c(F)c2)C1. The number of halogens is 2. The second kappa shape index (κ2) is 9.07. The second-order valence-electron chi connectivity index (χ2n) is 6.93. The summed E-state index contributed by atoms with van der Waals surface area (Å²) in [5, 5.41) is 6.75. The van der Waals surface area contributed by atoms with Gasteiger partial charge in [-0.3, -0.25) is 4.79 Å². The monoisotopic (exact) mass is 383 g/mol. The molecule has 26 heavy (non-hydrogen) atoms. The van der Waals surface area contributed by atoms with Crippen LogP contribution in [0.25, 0.3) is 0 Å². The number of hydrogen-bond acceptors (Lipinski definition) is 3. The molecule has 1 aromatic rings. The van der Waals surface area contributed by atoms with Crippen LogP contribution < -0.4 is 15.5 Å². The summed E-state index contributed by atoms with van der Waals surface area (Å²) in [5.74, 6) is 0.149. The molecule has 0 bridgehead atoms. The highest BCUT2D eigenvalue weighted by molar-refractivity contribution is 6.30. The number of anilines is 1. The normalized spacial score (nSPS) is 17.6. The van der Waals surface area contributed by atoms with Gasteiger partial charge in [0.05, 0.1) is 5.02 Å². The van der Waals surface area contributed by atoms with E-state index in [1.54, 1.807) is 20.2 Å². The first kappa shape index (κ1) is 20.3. The van der Waals surface area contributed by atoms with Crippen LogP contribution in [0.2, 0.25) is 5.02 Å². The summed E-state index contributed by atoms with van der Waals surface area (Å²) >= 11 is 5.75. The number of amides is 1. The van der Waals surface area contributed by atoms with Gasteiger partial charge in [-0.05, 0) is 38.5 Å². The summed E-state index contributed by atoms with van der Waals surface area (Å²) in [4.78, 5) is 19.8. The summed E-state index contributed by atoms with van der Waals surface area (Å²) in [6.07, 6.45) is 0.894. The molecule has 6 nitrogen and oxygen atoms in total. The molecule has 1 fully saturated rings. The molecular formula is C18H27ClFN5O. The van der Waals surface area contributed by atoms with Gasteiger partial charge >= 0.3 is 0 Å². The Kier molecular flexibility index (Phi) is 7.08. The quantitative estimate of drug-likeness (QED) is 0.603. The van der Waals surface area contributed by atoms with Crippen molar-refractivity contribution >= 4 is 29.2 Å². The average Bonchev–Trinajstić information content (AvgIpc) is 3.02. The van der Waals surface area contributed by atoms with Gasteiger partial charge in [-0.2, -0.15) is 0 Å². The van der Waals surface area contributed by atoms with Gasteiger partial charge in [-0.15, -0.1) is 0 Å². The number of likely N-dealkylation sites (N-methyl/N-ethyl adjacent to an activating group) is 1. The fraction of sp³-hybridized carbons (Fsp3) is 0.556. The minimum Gasteiger partial charge on any atom is -0.369 e. The minimum absolute atomic E-state index is 0.0560. The topological polar surface area (TPSA) is 60.0 Å². The maximum absolute atomic E-state index is 13.7. The van der Waals surface area contributed by atoms with Crippen molar-refractivity contribution in [3.05, 3.63) is 29.0 Å². The smallest absolute Gasteiger partial charge is 0.243 e. The molecule has 2 N–H and O–H groups in total. The minimum atomic E-state index is -0.411. The zero-order valence-corrected chi connectivity index (χ0v) is 16.5. The van der Waals surface area contributed by atoms with Gasteiger partial charge in [0.1, 0.15) is 12.4 Å². The third-order valence-electron chi connectivity index (χ3n) is 4.09. The number of nitrogens with zero attached hydrogens (tertiary/aromatic N) is 3. The lowest BCUT2D eigenvalue weighted by Crippen LogP contribution is -2.47. The lowest BCUT2D eigenvalue weighted by Gasteiger charge is -2.22. The van der Waals surface area contributed by atoms with E-state index in [0.29, 0.717) is 5.96 Å². The molecule has 1 aliphatic heterocycles. The largest absolute Gasteiger partial charge is 0.369 e. The predicted octanol–water partition coefficient (Wildman–Crippen LogP) is 2.09. The first-order chi connectivity index (χ1) is 12.3. The molecule has 1 saturated heterocycles. The molecule has 1 heterocycles. The lowest BCUT2D eigenvalue weighted by atomic mass is 10.2. The van der Waals surface area contributed by atoms with E-state index in [0.717, 1.165) is 25.2 Å². The van der Waals surface area contributed by atoms with Crippen LogP contribution in [-0.4, -0.2) is 62.6 Å². The van der Waals surface area contributed by atoms with Crippen LogP contribution in [0.3, 0.4) is 0 Å². The fourth-order valence-electron chi connectivity index (χ4n) is 2.68. The lowest BCUT2D eigenvalue weighted by molar-refractivity contribution is -0.127. The average molecular weight is 384 g/mol. The van der Waals surface area contributed by atoms with E-state index in [9.17, 15) is 9.18 Å². The third kappa shape index (κ3) is 5.76. The van der Waals surface area contributed by atoms with Crippen molar-refractivity contribution in [2.75, 3.05) is 38.6 Å². The maximum Gasteiger partial charge on any atom is 0.243 e. The van der Waals surface area contributed by atoms with Crippen LogP contribution in [0.15, 0.2) is 23.2 Å². The first-order valence-electron chi connectivity index (χ1n) is 8.74. The number of nitrogens with one attached hydrogen (secondary N) is 2. The van der Waals surface area contributed by atoms with Crippen molar-refractivity contribution in [2.45, 2.75) is 32.4 Å². The summed E-state index contributed by atoms with van der Waals surface area (Å²) in [6, 6.07) is 5.21. The molecule has 0 aromatic heterocycles. The van der Waals surface area contributed by atoms with E-state index < -0.39 is 5.82 Å². The van der Waals surface area contributed by atoms with E-state index in [-0.39, 0.29) is 29.6 Å². The van der Waals surface area contributed by atoms with Crippen LogP contribution in [0.4, 0.5) is 10.1 Å². The Hall–Kier alpha value is -2.02. The van der Waals surface area contributed by atoms with Gasteiger partial charge in [0.15, 0.2) is 5.96 Å². The van der Waals surface area contributed by atoms with Gasteiger partial charge in [-0.25, -0.2) is 9.38 Å². The van der Waals surface area contributed by atoms with Gasteiger partial charge < -0.3 is 20.4 Å². The molecular weight excluding hydrogens is 357 g/mol. The highest BCUT2D eigenvalue weighted by Crippen LogP contribution is 2.25. The Morgan fingerprint density at radius 3 is 2.81 bits per heavy atom. The highest BCUT2D eigenvalue weighted by Gasteiger charge is 2.24. The van der Waals surface area contributed by atoms with E-state index in [1.807, 2.05) is 19.9 Å². The Morgan fingerprint density at radius 2 is 2.19 bits per heavy atom. The van der Waals surface area contributed by atoms with Gasteiger partial charge in [0.25, 0.3) is 0 Å². The zero-order valence-electron chi connectivity index (χ0n) is 15.7. The molecule has 144 valence electrons. The molecule has 1 aromatic carbocycles. The number of carbonyl (C=O) groups is 1. The van der Waals surface area contributed by atoms with Gasteiger partial charge in [-0.1, -0.05) is 11.6 Å². The Morgan fingerprint density at radius 1 is 1.46 bits per heavy atom. The van der Waals surface area contributed by atoms with Crippen molar-refractivity contribution in [3.63, 3.8) is 0 Å². The standard InChI is InChI=1S/C18H27ClFN5O/c1-12(2)22-18(21-10-17(26)24(3)4)23-13-7-8-25(11-13)14-5-6-15(19)16(20)9-14/h5-6,9,12-13H,7-8,10-11H2,1-4H3,(H2,21,22,23). The summed E-state index contributed by atoms with van der Waals surface area (Å²) in [7, 11) is 3.42. The first-order valence-corrected chi connectivity index (χ1v) is 9.11. The summed E-state index contributed by atoms with van der Waals surface area (Å²) in [5.41, 5.74) is 0.814. The molecule has 1 aliphatic rings. The Labute approximate surface area is 159 Å². The van der Waals surface area contributed by atoms with E-state index in [4.69, 9.17) is 11.6 Å². The molecule has 0 aliphatic carbocycles. The molecule has 0 spiro atoms. The molecule has 1 amide bonds. The summed E-state index contributed by atoms with van der Waals surface area (Å²) < 4.78 is 13.7. The maximum atomic E-state index is 13.7. The Bertz CT molecular complexity index is 665. The number of hydrogen-bond donors (Lipinski definition) is 2. The molecule has 0 saturated carbocycles. The van der Waals surface area contributed by atoms with Gasteiger partial charge in [0.2, 0.25) is 5.91 Å². The van der Waals surface area contributed by atoms with Crippen LogP contribution in [0, 0.1) is 5.82 Å². The molecule has 1 atom stereocenters. The van der Waals surface area contributed by atoms with E-state index in [1.165, 1.54) is 11.0 Å². The molecule has 1 unspecified atom stereocenters. The highest BCUT2D eigenvalue weighted by atomic mass is 35.5. The summed E-state index contributed by atoms with van der Waals surface area (Å²) in [6.45, 7) is 5.66. The van der Waals surface area contributed by atoms with Crippen molar-refractivity contribution in [2.24, 2.45) is 4.99 Å². The van der Waals surface area contributed by atoms with Crippen LogP contribution in [-0.2, 0) is 4.79 Å². The van der Waals surface area contributed by atoms with E-state index >= 15 is 0 Å². The van der Waals surface area contributed by atoms with Gasteiger partial charge in [0, 0.05) is 45.0 Å². The molecule has 8 heteroatoms. The predicted molar refractivity (Wildman–Crippen MR) is 104 cm³/mol. The Balaban J connectivity index is 1.99. The number of carbonyl (C=O) groups excluding carboxylic acids is 1. The van der Waals surface area contributed by atoms with Crippen molar-refractivity contribution in [3.8, 4) is 0 Å². The number of benzene rings is 1. The third-order valence-corrected chi connectivity index (χ3v) is 4.40. The van der Waals surface area contributed by atoms with E-state index in [2.05, 4.69) is 20.5 Å². The number of guanidine groups is 1. The van der Waals surface area contributed by atoms with Crippen molar-refractivity contribution < 1.29 is 9.18 Å². The van der Waals surface area contributed by atoms with Crippen LogP contribution >= 0.6 is 11.6 Å².